The van der Waals surface area contributed by atoms with Crippen LogP contribution in [0.1, 0.15) is 0 Å². The third kappa shape index (κ3) is 3.94. The Kier molecular flexibility index (Phi) is 7.23. The second kappa shape index (κ2) is 6.95. The van der Waals surface area contributed by atoms with Crippen LogP contribution in [0.4, 0.5) is 0 Å². The van der Waals surface area contributed by atoms with Crippen molar-refractivity contribution in [3.8, 4) is 0 Å². The molecule has 0 amide bonds. The van der Waals surface area contributed by atoms with Gasteiger partial charge in [-0.25, -0.2) is 0 Å². The number of hydrogen-bond acceptors (Lipinski definition) is 3. The van der Waals surface area contributed by atoms with E-state index in [4.69, 9.17) is 12.3 Å². The van der Waals surface area contributed by atoms with Gasteiger partial charge >= 0.3 is 8.80 Å². The molecule has 0 heterocycles. The molecule has 0 fully saturated rings. The van der Waals surface area contributed by atoms with Crippen LogP contribution in [0.5, 0.6) is 0 Å². The van der Waals surface area contributed by atoms with Crippen LogP contribution < -0.4 is 0 Å². The lowest BCUT2D eigenvalue weighted by molar-refractivity contribution is 0.303. The predicted octanol–water partition coefficient (Wildman–Crippen LogP) is -0.904. The van der Waals surface area contributed by atoms with Crippen molar-refractivity contribution < 1.29 is 12.3 Å². The largest absolute Gasteiger partial charge is 0.496 e. The monoisotopic (exact) mass is 238 g/mol. The maximum atomic E-state index is 5.64. The molecule has 3 nitrogen and oxygen atoms in total. The zero-order chi connectivity index (χ0) is 9.45. The van der Waals surface area contributed by atoms with Crippen LogP contribution in [-0.4, -0.2) is 38.1 Å². The van der Waals surface area contributed by atoms with E-state index in [1.165, 1.54) is 0 Å². The lowest BCUT2D eigenvalue weighted by Gasteiger charge is -2.26. The van der Waals surface area contributed by atoms with E-state index in [0.29, 0.717) is 0 Å². The fraction of sp³-hybridized carbons (Fsp3) is 0.600. The van der Waals surface area contributed by atoms with E-state index < -0.39 is 38.1 Å². The van der Waals surface area contributed by atoms with Crippen LogP contribution in [0.25, 0.3) is 0 Å². The molecule has 0 aromatic carbocycles. The van der Waals surface area contributed by atoms with E-state index >= 15 is 0 Å². The van der Waals surface area contributed by atoms with Crippen molar-refractivity contribution >= 4 is 38.1 Å². The Morgan fingerprint density at radius 3 is 1.50 bits per heavy atom. The Bertz CT molecular complexity index is 115. The smallest absolute Gasteiger partial charge is 0.420 e. The Balaban J connectivity index is 4.16. The van der Waals surface area contributed by atoms with Gasteiger partial charge in [0.05, 0.1) is 0 Å². The molecule has 0 rings (SSSR count). The molecule has 0 spiro atoms. The molecule has 0 saturated heterocycles. The first-order valence-corrected chi connectivity index (χ1v) is 12.1. The van der Waals surface area contributed by atoms with Crippen LogP contribution in [0.15, 0.2) is 12.3 Å². The second-order valence-corrected chi connectivity index (χ2v) is 8.92. The third-order valence-corrected chi connectivity index (χ3v) is 10.1. The average molecular weight is 239 g/mol. The van der Waals surface area contributed by atoms with Crippen LogP contribution in [0.3, 0.4) is 0 Å². The summed E-state index contributed by atoms with van der Waals surface area (Å²) < 4.78 is 16.9. The minimum absolute atomic E-state index is 0.457. The average Bonchev–Trinajstić information content (AvgIpc) is 2.06. The van der Waals surface area contributed by atoms with Crippen molar-refractivity contribution in [3.63, 3.8) is 0 Å². The van der Waals surface area contributed by atoms with E-state index in [-0.39, 0.29) is 0 Å². The highest BCUT2D eigenvalue weighted by Gasteiger charge is 2.34. The summed E-state index contributed by atoms with van der Waals surface area (Å²) in [6.07, 6.45) is 0. The highest BCUT2D eigenvalue weighted by atomic mass is 28.5. The molecule has 7 heteroatoms. The predicted molar refractivity (Wildman–Crippen MR) is 62.4 cm³/mol. The normalized spacial score (nSPS) is 18.6. The second-order valence-electron chi connectivity index (χ2n) is 2.11. The van der Waals surface area contributed by atoms with E-state index in [1.807, 2.05) is 0 Å². The van der Waals surface area contributed by atoms with E-state index in [0.717, 1.165) is 0 Å². The summed E-state index contributed by atoms with van der Waals surface area (Å²) >= 11 is 0. The van der Waals surface area contributed by atoms with Gasteiger partial charge in [0.2, 0.25) is 0 Å². The van der Waals surface area contributed by atoms with Gasteiger partial charge in [0.15, 0.2) is 0 Å². The molecule has 72 valence electrons. The van der Waals surface area contributed by atoms with Gasteiger partial charge in [0.1, 0.15) is 29.3 Å². The molecule has 0 aliphatic rings. The first-order valence-electron chi connectivity index (χ1n) is 4.30. The molecule has 0 saturated carbocycles. The molecule has 0 N–H and O–H groups in total. The first-order chi connectivity index (χ1) is 5.74. The molecule has 12 heavy (non-hydrogen) atoms. The van der Waals surface area contributed by atoms with Gasteiger partial charge in [-0.1, -0.05) is 19.6 Å². The maximum Gasteiger partial charge on any atom is 0.496 e. The van der Waals surface area contributed by atoms with Crippen molar-refractivity contribution in [1.29, 1.82) is 0 Å². The molecular weight excluding hydrogens is 220 g/mol. The molecule has 0 aromatic rings. The minimum Gasteiger partial charge on any atom is -0.420 e. The Hall–Kier alpha value is 0.488. The summed E-state index contributed by atoms with van der Waals surface area (Å²) in [5, 5.41) is 0. The topological polar surface area (TPSA) is 27.7 Å². The highest BCUT2D eigenvalue weighted by molar-refractivity contribution is 6.77. The van der Waals surface area contributed by atoms with Gasteiger partial charge in [-0.15, -0.1) is 6.58 Å². The van der Waals surface area contributed by atoms with Crippen LogP contribution in [-0.2, 0) is 12.3 Å². The van der Waals surface area contributed by atoms with Crippen LogP contribution in [0.2, 0.25) is 19.6 Å². The van der Waals surface area contributed by atoms with Crippen molar-refractivity contribution in [3.05, 3.63) is 12.3 Å². The van der Waals surface area contributed by atoms with Crippen molar-refractivity contribution in [2.24, 2.45) is 0 Å². The molecular formula is C5H18O3Si4. The molecule has 0 atom stereocenters. The summed E-state index contributed by atoms with van der Waals surface area (Å²) in [4.78, 5) is 0. The van der Waals surface area contributed by atoms with Gasteiger partial charge < -0.3 is 12.3 Å². The van der Waals surface area contributed by atoms with Gasteiger partial charge in [0, 0.05) is 0 Å². The highest BCUT2D eigenvalue weighted by Crippen LogP contribution is 2.08. The first kappa shape index (κ1) is 12.5. The van der Waals surface area contributed by atoms with E-state index in [9.17, 15) is 0 Å². The summed E-state index contributed by atoms with van der Waals surface area (Å²) in [7, 11) is -3.69. The van der Waals surface area contributed by atoms with Gasteiger partial charge in [-0.05, 0) is 5.70 Å². The SMILES string of the molecule is C=C[Si](O[SiH2]C)(O[SiH2]C)O[SiH2]C. The Morgan fingerprint density at radius 1 is 1.00 bits per heavy atom. The lowest BCUT2D eigenvalue weighted by atomic mass is 11.3. The van der Waals surface area contributed by atoms with Crippen molar-refractivity contribution in [2.75, 3.05) is 0 Å². The van der Waals surface area contributed by atoms with Gasteiger partial charge in [-0.2, -0.15) is 0 Å². The van der Waals surface area contributed by atoms with Gasteiger partial charge in [-0.3, -0.25) is 0 Å². The molecule has 0 bridgehead atoms. The molecule has 0 aliphatic carbocycles. The van der Waals surface area contributed by atoms with Crippen molar-refractivity contribution in [1.82, 2.24) is 0 Å². The zero-order valence-electron chi connectivity index (χ0n) is 8.13. The maximum absolute atomic E-state index is 5.64. The molecule has 0 unspecified atom stereocenters. The Morgan fingerprint density at radius 2 is 1.33 bits per heavy atom. The summed E-state index contributed by atoms with van der Waals surface area (Å²) in [5.41, 5.74) is 1.77. The minimum atomic E-state index is -2.32. The summed E-state index contributed by atoms with van der Waals surface area (Å²) in [6, 6.07) is 0. The quantitative estimate of drug-likeness (QED) is 0.538. The molecule has 0 aromatic heterocycles. The third-order valence-electron chi connectivity index (χ3n) is 1.29. The lowest BCUT2D eigenvalue weighted by Crippen LogP contribution is -2.46. The number of rotatable bonds is 7. The number of hydrogen-bond donors (Lipinski definition) is 0. The van der Waals surface area contributed by atoms with E-state index in [2.05, 4.69) is 26.2 Å². The zero-order valence-corrected chi connectivity index (χ0v) is 13.4. The van der Waals surface area contributed by atoms with Crippen LogP contribution in [0, 0.1) is 0 Å². The fourth-order valence-corrected chi connectivity index (χ4v) is 10.4. The summed E-state index contributed by atoms with van der Waals surface area (Å²) in [5.74, 6) is 0. The van der Waals surface area contributed by atoms with Crippen molar-refractivity contribution in [2.45, 2.75) is 19.6 Å². The summed E-state index contributed by atoms with van der Waals surface area (Å²) in [6.45, 7) is 10.0. The standard InChI is InChI=1S/C5H18O3Si4/c1-5-12(6-9-2,7-10-3)8-11-4/h5H,1,9-11H2,2-4H3. The fourth-order valence-electron chi connectivity index (χ4n) is 0.905. The molecule has 0 aliphatic heterocycles. The molecule has 0 radical (unpaired) electrons. The van der Waals surface area contributed by atoms with E-state index in [1.54, 1.807) is 5.70 Å². The van der Waals surface area contributed by atoms with Crippen LogP contribution >= 0.6 is 0 Å². The van der Waals surface area contributed by atoms with Gasteiger partial charge in [0.25, 0.3) is 0 Å². The Labute approximate surface area is 82.7 Å².